The van der Waals surface area contributed by atoms with Gasteiger partial charge in [0.05, 0.1) is 5.25 Å². The molecule has 0 aliphatic carbocycles. The molecule has 0 aromatic heterocycles. The molecule has 0 radical (unpaired) electrons. The number of nitrogens with one attached hydrogen (secondary N) is 1. The fraction of sp³-hybridized carbons (Fsp3) is 0.875. The fourth-order valence-corrected chi connectivity index (χ4v) is 1.84. The number of nitrogens with two attached hydrogens (primary N) is 1. The number of thioether (sulfide) groups is 1. The number of rotatable bonds is 5. The van der Waals surface area contributed by atoms with Crippen molar-refractivity contribution in [1.82, 2.24) is 5.32 Å². The molecule has 0 aliphatic rings. The van der Waals surface area contributed by atoms with Gasteiger partial charge in [0.1, 0.15) is 0 Å². The lowest BCUT2D eigenvalue weighted by Crippen LogP contribution is -2.27. The summed E-state index contributed by atoms with van der Waals surface area (Å²) in [5, 5.41) is 2.65. The minimum Gasteiger partial charge on any atom is -0.358 e. The van der Waals surface area contributed by atoms with Gasteiger partial charge in [-0.2, -0.15) is 0 Å². The first-order valence-corrected chi connectivity index (χ1v) is 5.21. The van der Waals surface area contributed by atoms with E-state index in [2.05, 4.69) is 5.32 Å². The molecule has 0 aromatic carbocycles. The predicted octanol–water partition coefficient (Wildman–Crippen LogP) is 0.591. The van der Waals surface area contributed by atoms with Crippen LogP contribution in [0.4, 0.5) is 0 Å². The minimum absolute atomic E-state index is 0.0359. The van der Waals surface area contributed by atoms with Crippen molar-refractivity contribution in [2.75, 3.05) is 12.8 Å². The van der Waals surface area contributed by atoms with E-state index in [1.807, 2.05) is 13.8 Å². The summed E-state index contributed by atoms with van der Waals surface area (Å²) in [5.74, 6) is 1.04. The molecule has 0 saturated carbocycles. The number of hydrogen-bond acceptors (Lipinski definition) is 3. The second-order valence-corrected chi connectivity index (χ2v) is 4.34. The van der Waals surface area contributed by atoms with E-state index in [1.165, 1.54) is 0 Å². The van der Waals surface area contributed by atoms with Crippen LogP contribution in [0.25, 0.3) is 0 Å². The van der Waals surface area contributed by atoms with Crippen molar-refractivity contribution < 1.29 is 4.79 Å². The van der Waals surface area contributed by atoms with Gasteiger partial charge in [0.2, 0.25) is 5.91 Å². The molecule has 0 rings (SSSR count). The van der Waals surface area contributed by atoms with Crippen LogP contribution in [0.3, 0.4) is 0 Å². The monoisotopic (exact) mass is 190 g/mol. The molecule has 0 saturated heterocycles. The third-order valence-electron chi connectivity index (χ3n) is 1.56. The van der Waals surface area contributed by atoms with Gasteiger partial charge in [-0.3, -0.25) is 4.79 Å². The molecule has 72 valence electrons. The van der Waals surface area contributed by atoms with Crippen LogP contribution < -0.4 is 11.1 Å². The van der Waals surface area contributed by atoms with Crippen LogP contribution in [0.15, 0.2) is 0 Å². The van der Waals surface area contributed by atoms with Gasteiger partial charge in [-0.1, -0.05) is 0 Å². The van der Waals surface area contributed by atoms with Gasteiger partial charge in [-0.05, 0) is 26.0 Å². The predicted molar refractivity (Wildman–Crippen MR) is 54.3 cm³/mol. The Morgan fingerprint density at radius 3 is 2.58 bits per heavy atom. The lowest BCUT2D eigenvalue weighted by molar-refractivity contribution is -0.119. The Labute approximate surface area is 78.5 Å². The van der Waals surface area contributed by atoms with Crippen LogP contribution in [-0.2, 0) is 4.79 Å². The Balaban J connectivity index is 3.43. The Morgan fingerprint density at radius 2 is 2.17 bits per heavy atom. The van der Waals surface area contributed by atoms with E-state index in [1.54, 1.807) is 18.8 Å². The second-order valence-electron chi connectivity index (χ2n) is 2.89. The molecule has 1 amide bonds. The number of hydrogen-bond donors (Lipinski definition) is 2. The van der Waals surface area contributed by atoms with Gasteiger partial charge in [0.15, 0.2) is 0 Å². The van der Waals surface area contributed by atoms with E-state index < -0.39 is 0 Å². The summed E-state index contributed by atoms with van der Waals surface area (Å²) in [5.41, 5.74) is 5.57. The summed E-state index contributed by atoms with van der Waals surface area (Å²) in [4.78, 5) is 11.0. The molecule has 4 heteroatoms. The van der Waals surface area contributed by atoms with Crippen molar-refractivity contribution in [2.24, 2.45) is 5.73 Å². The first kappa shape index (κ1) is 11.8. The van der Waals surface area contributed by atoms with Gasteiger partial charge >= 0.3 is 0 Å². The van der Waals surface area contributed by atoms with E-state index in [4.69, 9.17) is 5.73 Å². The van der Waals surface area contributed by atoms with E-state index in [-0.39, 0.29) is 17.2 Å². The van der Waals surface area contributed by atoms with Crippen molar-refractivity contribution in [1.29, 1.82) is 0 Å². The van der Waals surface area contributed by atoms with E-state index in [0.717, 1.165) is 12.2 Å². The van der Waals surface area contributed by atoms with Gasteiger partial charge in [0, 0.05) is 13.1 Å². The molecule has 2 unspecified atom stereocenters. The third kappa shape index (κ3) is 5.43. The van der Waals surface area contributed by atoms with E-state index in [0.29, 0.717) is 0 Å². The number of carbonyl (C=O) groups is 1. The van der Waals surface area contributed by atoms with Gasteiger partial charge in [0.25, 0.3) is 0 Å². The third-order valence-corrected chi connectivity index (χ3v) is 2.74. The van der Waals surface area contributed by atoms with Crippen LogP contribution in [0.5, 0.6) is 0 Å². The molecular weight excluding hydrogens is 172 g/mol. The van der Waals surface area contributed by atoms with Gasteiger partial charge in [-0.15, -0.1) is 11.8 Å². The molecule has 2 atom stereocenters. The zero-order chi connectivity index (χ0) is 9.56. The zero-order valence-corrected chi connectivity index (χ0v) is 8.78. The lowest BCUT2D eigenvalue weighted by atomic mass is 10.3. The summed E-state index contributed by atoms with van der Waals surface area (Å²) >= 11 is 1.65. The molecule has 3 nitrogen and oxygen atoms in total. The smallest absolute Gasteiger partial charge is 0.232 e. The molecule has 0 bridgehead atoms. The van der Waals surface area contributed by atoms with Crippen LogP contribution in [-0.4, -0.2) is 30.0 Å². The van der Waals surface area contributed by atoms with Crippen molar-refractivity contribution in [3.8, 4) is 0 Å². The molecule has 12 heavy (non-hydrogen) atoms. The molecule has 0 aromatic rings. The summed E-state index contributed by atoms with van der Waals surface area (Å²) in [6.45, 7) is 3.88. The van der Waals surface area contributed by atoms with Crippen molar-refractivity contribution in [3.05, 3.63) is 0 Å². The highest BCUT2D eigenvalue weighted by atomic mass is 32.2. The molecule has 0 fully saturated rings. The first-order chi connectivity index (χ1) is 5.57. The molecule has 0 spiro atoms. The molecule has 0 aliphatic heterocycles. The summed E-state index contributed by atoms with van der Waals surface area (Å²) in [7, 11) is 1.66. The number of amides is 1. The Hall–Kier alpha value is -0.220. The Bertz CT molecular complexity index is 139. The SMILES string of the molecule is CNC(=O)C(C)SCCC(C)N. The molecule has 0 heterocycles. The highest BCUT2D eigenvalue weighted by molar-refractivity contribution is 8.00. The standard InChI is InChI=1S/C8H18N2OS/c1-6(9)4-5-12-7(2)8(11)10-3/h6-7H,4-5,9H2,1-3H3,(H,10,11). The fourth-order valence-electron chi connectivity index (χ4n) is 0.710. The topological polar surface area (TPSA) is 55.1 Å². The zero-order valence-electron chi connectivity index (χ0n) is 7.96. The van der Waals surface area contributed by atoms with Gasteiger partial charge < -0.3 is 11.1 Å². The van der Waals surface area contributed by atoms with Crippen LogP contribution in [0.1, 0.15) is 20.3 Å². The van der Waals surface area contributed by atoms with Crippen LogP contribution in [0, 0.1) is 0 Å². The van der Waals surface area contributed by atoms with Gasteiger partial charge in [-0.25, -0.2) is 0 Å². The van der Waals surface area contributed by atoms with Crippen molar-refractivity contribution in [2.45, 2.75) is 31.6 Å². The summed E-state index contributed by atoms with van der Waals surface area (Å²) < 4.78 is 0. The quantitative estimate of drug-likeness (QED) is 0.667. The number of carbonyl (C=O) groups excluding carboxylic acids is 1. The molecular formula is C8H18N2OS. The first-order valence-electron chi connectivity index (χ1n) is 4.16. The van der Waals surface area contributed by atoms with E-state index >= 15 is 0 Å². The Kier molecular flexibility index (Phi) is 6.20. The maximum absolute atomic E-state index is 11.0. The lowest BCUT2D eigenvalue weighted by Gasteiger charge is -2.10. The second kappa shape index (κ2) is 6.31. The normalized spacial score (nSPS) is 15.3. The maximum Gasteiger partial charge on any atom is 0.232 e. The highest BCUT2D eigenvalue weighted by Crippen LogP contribution is 2.11. The minimum atomic E-state index is 0.0359. The average Bonchev–Trinajstić information content (AvgIpc) is 2.02. The van der Waals surface area contributed by atoms with Crippen LogP contribution >= 0.6 is 11.8 Å². The Morgan fingerprint density at radius 1 is 1.58 bits per heavy atom. The van der Waals surface area contributed by atoms with Crippen molar-refractivity contribution >= 4 is 17.7 Å². The maximum atomic E-state index is 11.0. The van der Waals surface area contributed by atoms with Crippen LogP contribution in [0.2, 0.25) is 0 Å². The molecule has 3 N–H and O–H groups in total. The average molecular weight is 190 g/mol. The highest BCUT2D eigenvalue weighted by Gasteiger charge is 2.10. The van der Waals surface area contributed by atoms with E-state index in [9.17, 15) is 4.79 Å². The summed E-state index contributed by atoms with van der Waals surface area (Å²) in [6, 6.07) is 0.231. The largest absolute Gasteiger partial charge is 0.358 e. The van der Waals surface area contributed by atoms with Crippen molar-refractivity contribution in [3.63, 3.8) is 0 Å². The summed E-state index contributed by atoms with van der Waals surface area (Å²) in [6.07, 6.45) is 0.964.